The molecule has 6 nitrogen and oxygen atoms in total. The third kappa shape index (κ3) is 5.51. The maximum absolute atomic E-state index is 12.4. The first-order valence-electron chi connectivity index (χ1n) is 8.38. The van der Waals surface area contributed by atoms with E-state index in [-0.39, 0.29) is 11.7 Å². The Morgan fingerprint density at radius 3 is 2.30 bits per heavy atom. The van der Waals surface area contributed by atoms with E-state index in [1.54, 1.807) is 42.5 Å². The van der Waals surface area contributed by atoms with Crippen LogP contribution in [0.3, 0.4) is 0 Å². The molecule has 2 aromatic carbocycles. The molecule has 0 spiro atoms. The zero-order chi connectivity index (χ0) is 19.8. The van der Waals surface area contributed by atoms with E-state index >= 15 is 0 Å². The molecule has 0 saturated carbocycles. The van der Waals surface area contributed by atoms with Crippen molar-refractivity contribution in [1.29, 1.82) is 5.26 Å². The molecule has 6 heteroatoms. The molecule has 0 bridgehead atoms. The molecule has 0 heterocycles. The first-order valence-corrected chi connectivity index (χ1v) is 8.38. The maximum atomic E-state index is 12.4. The van der Waals surface area contributed by atoms with Crippen LogP contribution in [0.1, 0.15) is 19.4 Å². The maximum Gasteiger partial charge on any atom is 0.266 e. The summed E-state index contributed by atoms with van der Waals surface area (Å²) in [6.45, 7) is 3.89. The van der Waals surface area contributed by atoms with Gasteiger partial charge in [-0.25, -0.2) is 0 Å². The second-order valence-electron chi connectivity index (χ2n) is 5.93. The summed E-state index contributed by atoms with van der Waals surface area (Å²) in [6, 6.07) is 14.1. The summed E-state index contributed by atoms with van der Waals surface area (Å²) < 4.78 is 16.0. The minimum absolute atomic E-state index is 0.0117. The van der Waals surface area contributed by atoms with E-state index in [0.717, 1.165) is 11.3 Å². The molecular formula is C21H22N2O4. The van der Waals surface area contributed by atoms with Crippen molar-refractivity contribution >= 4 is 17.7 Å². The van der Waals surface area contributed by atoms with Crippen LogP contribution in [0.2, 0.25) is 0 Å². The topological polar surface area (TPSA) is 80.6 Å². The van der Waals surface area contributed by atoms with Gasteiger partial charge in [-0.1, -0.05) is 12.1 Å². The number of nitriles is 1. The normalized spacial score (nSPS) is 10.9. The van der Waals surface area contributed by atoms with Crippen molar-refractivity contribution in [2.75, 3.05) is 19.5 Å². The molecule has 0 saturated heterocycles. The van der Waals surface area contributed by atoms with Gasteiger partial charge in [0, 0.05) is 11.8 Å². The van der Waals surface area contributed by atoms with Gasteiger partial charge in [0.1, 0.15) is 17.4 Å². The average molecular weight is 366 g/mol. The second-order valence-corrected chi connectivity index (χ2v) is 5.93. The van der Waals surface area contributed by atoms with Crippen LogP contribution in [-0.2, 0) is 4.79 Å². The molecule has 0 unspecified atom stereocenters. The van der Waals surface area contributed by atoms with E-state index in [9.17, 15) is 10.1 Å². The van der Waals surface area contributed by atoms with Crippen molar-refractivity contribution in [3.63, 3.8) is 0 Å². The Hall–Kier alpha value is -3.46. The van der Waals surface area contributed by atoms with Gasteiger partial charge >= 0.3 is 0 Å². The lowest BCUT2D eigenvalue weighted by molar-refractivity contribution is -0.112. The fourth-order valence-corrected chi connectivity index (χ4v) is 2.34. The fourth-order valence-electron chi connectivity index (χ4n) is 2.34. The van der Waals surface area contributed by atoms with Crippen LogP contribution in [0.15, 0.2) is 48.0 Å². The molecule has 2 rings (SSSR count). The largest absolute Gasteiger partial charge is 0.493 e. The highest BCUT2D eigenvalue weighted by molar-refractivity contribution is 6.09. The molecule has 0 fully saturated rings. The average Bonchev–Trinajstić information content (AvgIpc) is 2.66. The van der Waals surface area contributed by atoms with Gasteiger partial charge in [-0.3, -0.25) is 4.79 Å². The Morgan fingerprint density at radius 2 is 1.74 bits per heavy atom. The minimum Gasteiger partial charge on any atom is -0.493 e. The summed E-state index contributed by atoms with van der Waals surface area (Å²) in [4.78, 5) is 12.4. The first-order chi connectivity index (χ1) is 13.0. The molecule has 0 aromatic heterocycles. The number of benzene rings is 2. The molecule has 140 valence electrons. The highest BCUT2D eigenvalue weighted by Crippen LogP contribution is 2.30. The molecule has 0 aliphatic rings. The van der Waals surface area contributed by atoms with Gasteiger partial charge in [0.15, 0.2) is 11.5 Å². The third-order valence-electron chi connectivity index (χ3n) is 3.57. The van der Waals surface area contributed by atoms with Crippen molar-refractivity contribution in [1.82, 2.24) is 0 Å². The number of ether oxygens (including phenoxy) is 3. The number of carbonyl (C=O) groups excluding carboxylic acids is 1. The first kappa shape index (κ1) is 19.9. The van der Waals surface area contributed by atoms with Crippen LogP contribution in [-0.4, -0.2) is 26.2 Å². The summed E-state index contributed by atoms with van der Waals surface area (Å²) in [5.74, 6) is 1.26. The molecule has 27 heavy (non-hydrogen) atoms. The van der Waals surface area contributed by atoms with Crippen LogP contribution in [0.4, 0.5) is 5.69 Å². The zero-order valence-corrected chi connectivity index (χ0v) is 15.8. The highest BCUT2D eigenvalue weighted by atomic mass is 16.5. The van der Waals surface area contributed by atoms with E-state index < -0.39 is 5.91 Å². The molecular weight excluding hydrogens is 344 g/mol. The summed E-state index contributed by atoms with van der Waals surface area (Å²) in [5, 5.41) is 12.0. The Labute approximate surface area is 159 Å². The standard InChI is InChI=1S/C21H22N2O4/c1-14(2)27-18-8-5-15(6-9-18)11-16(13-22)21(24)23-17-7-10-19(25-3)20(12-17)26-4/h5-12,14H,1-4H3,(H,23,24)/b16-11+. The highest BCUT2D eigenvalue weighted by Gasteiger charge is 2.12. The second kappa shape index (κ2) is 9.30. The number of nitrogens with one attached hydrogen (secondary N) is 1. The van der Waals surface area contributed by atoms with Crippen molar-refractivity contribution in [2.45, 2.75) is 20.0 Å². The molecule has 0 radical (unpaired) electrons. The van der Waals surface area contributed by atoms with E-state index in [1.807, 2.05) is 19.9 Å². The van der Waals surface area contributed by atoms with Crippen LogP contribution >= 0.6 is 0 Å². The smallest absolute Gasteiger partial charge is 0.266 e. The van der Waals surface area contributed by atoms with E-state index in [0.29, 0.717) is 17.2 Å². The number of anilines is 1. The van der Waals surface area contributed by atoms with E-state index in [2.05, 4.69) is 5.32 Å². The molecule has 1 N–H and O–H groups in total. The van der Waals surface area contributed by atoms with Gasteiger partial charge in [0.25, 0.3) is 5.91 Å². The quantitative estimate of drug-likeness (QED) is 0.591. The van der Waals surface area contributed by atoms with Gasteiger partial charge in [-0.05, 0) is 49.8 Å². The van der Waals surface area contributed by atoms with Crippen molar-refractivity contribution in [3.05, 3.63) is 53.6 Å². The number of carbonyl (C=O) groups is 1. The number of rotatable bonds is 7. The van der Waals surface area contributed by atoms with Gasteiger partial charge in [0.05, 0.1) is 20.3 Å². The summed E-state index contributed by atoms with van der Waals surface area (Å²) >= 11 is 0. The lowest BCUT2D eigenvalue weighted by Crippen LogP contribution is -2.13. The van der Waals surface area contributed by atoms with Crippen molar-refractivity contribution in [2.24, 2.45) is 0 Å². The predicted molar refractivity (Wildman–Crippen MR) is 104 cm³/mol. The monoisotopic (exact) mass is 366 g/mol. The molecule has 0 atom stereocenters. The molecule has 0 aliphatic carbocycles. The van der Waals surface area contributed by atoms with Crippen LogP contribution in [0.5, 0.6) is 17.2 Å². The van der Waals surface area contributed by atoms with Crippen LogP contribution in [0.25, 0.3) is 6.08 Å². The number of nitrogens with zero attached hydrogens (tertiary/aromatic N) is 1. The number of amides is 1. The number of hydrogen-bond acceptors (Lipinski definition) is 5. The lowest BCUT2D eigenvalue weighted by Gasteiger charge is -2.10. The molecule has 2 aromatic rings. The fraction of sp³-hybridized carbons (Fsp3) is 0.238. The Bertz CT molecular complexity index is 865. The van der Waals surface area contributed by atoms with Gasteiger partial charge in [-0.15, -0.1) is 0 Å². The third-order valence-corrected chi connectivity index (χ3v) is 3.57. The van der Waals surface area contributed by atoms with Crippen molar-refractivity contribution in [3.8, 4) is 23.3 Å². The van der Waals surface area contributed by atoms with Gasteiger partial charge < -0.3 is 19.5 Å². The van der Waals surface area contributed by atoms with Gasteiger partial charge in [-0.2, -0.15) is 5.26 Å². The Balaban J connectivity index is 2.16. The number of hydrogen-bond donors (Lipinski definition) is 1. The number of methoxy groups -OCH3 is 2. The lowest BCUT2D eigenvalue weighted by atomic mass is 10.1. The minimum atomic E-state index is -0.507. The summed E-state index contributed by atoms with van der Waals surface area (Å²) in [5.41, 5.74) is 1.21. The predicted octanol–water partition coefficient (Wildman–Crippen LogP) is 4.04. The summed E-state index contributed by atoms with van der Waals surface area (Å²) in [6.07, 6.45) is 1.60. The van der Waals surface area contributed by atoms with Crippen molar-refractivity contribution < 1.29 is 19.0 Å². The van der Waals surface area contributed by atoms with E-state index in [1.165, 1.54) is 20.3 Å². The van der Waals surface area contributed by atoms with Crippen LogP contribution < -0.4 is 19.5 Å². The van der Waals surface area contributed by atoms with Crippen LogP contribution in [0, 0.1) is 11.3 Å². The van der Waals surface area contributed by atoms with E-state index in [4.69, 9.17) is 14.2 Å². The SMILES string of the molecule is COc1ccc(NC(=O)/C(C#N)=C/c2ccc(OC(C)C)cc2)cc1OC. The molecule has 1 amide bonds. The van der Waals surface area contributed by atoms with Gasteiger partial charge in [0.2, 0.25) is 0 Å². The molecule has 0 aliphatic heterocycles. The Kier molecular flexibility index (Phi) is 6.84. The Morgan fingerprint density at radius 1 is 1.07 bits per heavy atom. The zero-order valence-electron chi connectivity index (χ0n) is 15.8. The summed E-state index contributed by atoms with van der Waals surface area (Å²) in [7, 11) is 3.04.